The Morgan fingerprint density at radius 2 is 2.03 bits per heavy atom. The Bertz CT molecular complexity index is 963. The van der Waals surface area contributed by atoms with Crippen molar-refractivity contribution in [2.24, 2.45) is 0 Å². The standard InChI is InChI=1S/C18H19BrF3N5O3S/c1-2-23-17(29)26-12-7-10(11(19)8-24-12)16-27-14(18(20,21)22)13(31-16)15(28)25-9-3-5-30-6-4-9/h7-9H,2-6H2,1H3,(H,25,28)(H2,23,24,26,29). The molecule has 3 amide bonds. The van der Waals surface area contributed by atoms with E-state index < -0.39 is 28.7 Å². The van der Waals surface area contributed by atoms with E-state index in [1.54, 1.807) is 6.92 Å². The number of hydrogen-bond acceptors (Lipinski definition) is 6. The van der Waals surface area contributed by atoms with Crippen LogP contribution in [0.4, 0.5) is 23.8 Å². The molecule has 0 aliphatic carbocycles. The first-order valence-electron chi connectivity index (χ1n) is 9.36. The molecule has 168 valence electrons. The summed E-state index contributed by atoms with van der Waals surface area (Å²) in [5, 5.41) is 7.63. The second-order valence-electron chi connectivity index (χ2n) is 6.59. The van der Waals surface area contributed by atoms with Gasteiger partial charge in [-0.2, -0.15) is 13.2 Å². The number of nitrogens with zero attached hydrogens (tertiary/aromatic N) is 2. The number of nitrogens with one attached hydrogen (secondary N) is 3. The number of rotatable bonds is 5. The summed E-state index contributed by atoms with van der Waals surface area (Å²) in [7, 11) is 0. The van der Waals surface area contributed by atoms with Crippen molar-refractivity contribution in [3.63, 3.8) is 0 Å². The average molecular weight is 522 g/mol. The minimum Gasteiger partial charge on any atom is -0.381 e. The van der Waals surface area contributed by atoms with Crippen molar-refractivity contribution in [1.82, 2.24) is 20.6 Å². The van der Waals surface area contributed by atoms with Gasteiger partial charge in [0.05, 0.1) is 0 Å². The zero-order valence-corrected chi connectivity index (χ0v) is 18.7. The molecular formula is C18H19BrF3N5O3S. The largest absolute Gasteiger partial charge is 0.435 e. The Morgan fingerprint density at radius 1 is 1.32 bits per heavy atom. The molecule has 8 nitrogen and oxygen atoms in total. The first-order valence-corrected chi connectivity index (χ1v) is 11.0. The van der Waals surface area contributed by atoms with Crippen LogP contribution in [0.1, 0.15) is 35.1 Å². The number of aromatic nitrogens is 2. The third-order valence-electron chi connectivity index (χ3n) is 4.32. The van der Waals surface area contributed by atoms with Crippen LogP contribution in [0.15, 0.2) is 16.7 Å². The summed E-state index contributed by atoms with van der Waals surface area (Å²) >= 11 is 3.87. The lowest BCUT2D eigenvalue weighted by molar-refractivity contribution is -0.141. The van der Waals surface area contributed by atoms with Crippen LogP contribution in [0.25, 0.3) is 10.6 Å². The summed E-state index contributed by atoms with van der Waals surface area (Å²) < 4.78 is 46.4. The van der Waals surface area contributed by atoms with Crippen LogP contribution < -0.4 is 16.0 Å². The summed E-state index contributed by atoms with van der Waals surface area (Å²) in [6.07, 6.45) is -2.40. The zero-order valence-electron chi connectivity index (χ0n) is 16.3. The predicted molar refractivity (Wildman–Crippen MR) is 112 cm³/mol. The Hall–Kier alpha value is -2.25. The van der Waals surface area contributed by atoms with Gasteiger partial charge in [0.15, 0.2) is 5.69 Å². The molecule has 0 atom stereocenters. The fraction of sp³-hybridized carbons (Fsp3) is 0.444. The first-order chi connectivity index (χ1) is 14.7. The van der Waals surface area contributed by atoms with Gasteiger partial charge >= 0.3 is 12.2 Å². The van der Waals surface area contributed by atoms with Gasteiger partial charge in [-0.3, -0.25) is 10.1 Å². The number of carbonyl (C=O) groups is 2. The van der Waals surface area contributed by atoms with Crippen molar-refractivity contribution in [1.29, 1.82) is 0 Å². The van der Waals surface area contributed by atoms with Crippen LogP contribution >= 0.6 is 27.3 Å². The lowest BCUT2D eigenvalue weighted by Gasteiger charge is -2.23. The Labute approximate surface area is 188 Å². The van der Waals surface area contributed by atoms with E-state index in [1.165, 1.54) is 12.3 Å². The number of carbonyl (C=O) groups excluding carboxylic acids is 2. The number of hydrogen-bond donors (Lipinski definition) is 3. The molecular weight excluding hydrogens is 503 g/mol. The first kappa shape index (κ1) is 23.4. The molecule has 3 rings (SSSR count). The normalized spacial score (nSPS) is 14.9. The minimum absolute atomic E-state index is 0.0299. The number of pyridine rings is 1. The number of amides is 3. The summed E-state index contributed by atoms with van der Waals surface area (Å²) in [6.45, 7) is 3.01. The molecule has 3 heterocycles. The number of anilines is 1. The quantitative estimate of drug-likeness (QED) is 0.550. The second kappa shape index (κ2) is 9.92. The highest BCUT2D eigenvalue weighted by Gasteiger charge is 2.40. The highest BCUT2D eigenvalue weighted by Crippen LogP contribution is 2.40. The number of ether oxygens (including phenoxy) is 1. The van der Waals surface area contributed by atoms with Gasteiger partial charge in [0.1, 0.15) is 15.7 Å². The number of alkyl halides is 3. The van der Waals surface area contributed by atoms with Crippen LogP contribution in [0.3, 0.4) is 0 Å². The summed E-state index contributed by atoms with van der Waals surface area (Å²) in [4.78, 5) is 31.5. The summed E-state index contributed by atoms with van der Waals surface area (Å²) in [6, 6.07) is 0.627. The van der Waals surface area contributed by atoms with E-state index in [0.29, 0.717) is 48.4 Å². The van der Waals surface area contributed by atoms with Gasteiger partial charge in [-0.25, -0.2) is 14.8 Å². The van der Waals surface area contributed by atoms with Gasteiger partial charge in [-0.15, -0.1) is 11.3 Å². The Morgan fingerprint density at radius 3 is 2.68 bits per heavy atom. The molecule has 0 saturated carbocycles. The fourth-order valence-corrected chi connectivity index (χ4v) is 4.42. The van der Waals surface area contributed by atoms with Crippen molar-refractivity contribution in [3.8, 4) is 10.6 Å². The molecule has 1 fully saturated rings. The van der Waals surface area contributed by atoms with E-state index >= 15 is 0 Å². The van der Waals surface area contributed by atoms with Crippen molar-refractivity contribution < 1.29 is 27.5 Å². The predicted octanol–water partition coefficient (Wildman–Crippen LogP) is 4.04. The number of urea groups is 1. The van der Waals surface area contributed by atoms with Gasteiger partial charge in [0.2, 0.25) is 0 Å². The van der Waals surface area contributed by atoms with Crippen LogP contribution in [-0.4, -0.2) is 47.7 Å². The monoisotopic (exact) mass is 521 g/mol. The van der Waals surface area contributed by atoms with Crippen LogP contribution in [-0.2, 0) is 10.9 Å². The van der Waals surface area contributed by atoms with Crippen molar-refractivity contribution in [2.45, 2.75) is 32.0 Å². The van der Waals surface area contributed by atoms with Crippen LogP contribution in [0.5, 0.6) is 0 Å². The molecule has 0 aromatic carbocycles. The Balaban J connectivity index is 1.93. The number of halogens is 4. The minimum atomic E-state index is -4.81. The number of thiazole rings is 1. The van der Waals surface area contributed by atoms with Gasteiger partial charge in [0.25, 0.3) is 5.91 Å². The molecule has 2 aromatic rings. The van der Waals surface area contributed by atoms with Crippen LogP contribution in [0.2, 0.25) is 0 Å². The van der Waals surface area contributed by atoms with Crippen LogP contribution in [0, 0.1) is 0 Å². The maximum absolute atomic E-state index is 13.6. The maximum Gasteiger partial charge on any atom is 0.435 e. The molecule has 31 heavy (non-hydrogen) atoms. The van der Waals surface area contributed by atoms with Gasteiger partial charge in [0, 0.05) is 42.0 Å². The molecule has 13 heteroatoms. The molecule has 2 aromatic heterocycles. The zero-order chi connectivity index (χ0) is 22.6. The molecule has 1 aliphatic heterocycles. The van der Waals surface area contributed by atoms with E-state index in [0.717, 1.165) is 0 Å². The van der Waals surface area contributed by atoms with E-state index in [1.807, 2.05) is 0 Å². The third kappa shape index (κ3) is 5.92. The van der Waals surface area contributed by atoms with E-state index in [4.69, 9.17) is 4.74 Å². The highest BCUT2D eigenvalue weighted by atomic mass is 79.9. The van der Waals surface area contributed by atoms with Gasteiger partial charge in [-0.1, -0.05) is 0 Å². The smallest absolute Gasteiger partial charge is 0.381 e. The molecule has 3 N–H and O–H groups in total. The second-order valence-corrected chi connectivity index (χ2v) is 8.44. The third-order valence-corrected chi connectivity index (χ3v) is 6.04. The van der Waals surface area contributed by atoms with E-state index in [9.17, 15) is 22.8 Å². The molecule has 1 saturated heterocycles. The maximum atomic E-state index is 13.6. The van der Waals surface area contributed by atoms with E-state index in [2.05, 4.69) is 41.8 Å². The van der Waals surface area contributed by atoms with E-state index in [-0.39, 0.29) is 22.4 Å². The SMILES string of the molecule is CCNC(=O)Nc1cc(-c2nc(C(F)(F)F)c(C(=O)NC3CCOCC3)s2)c(Br)cn1. The van der Waals surface area contributed by atoms with Gasteiger partial charge < -0.3 is 15.4 Å². The fourth-order valence-electron chi connectivity index (χ4n) is 2.87. The molecule has 1 aliphatic rings. The highest BCUT2D eigenvalue weighted by molar-refractivity contribution is 9.10. The van der Waals surface area contributed by atoms with Crippen molar-refractivity contribution in [2.75, 3.05) is 25.1 Å². The summed E-state index contributed by atoms with van der Waals surface area (Å²) in [5.41, 5.74) is -0.985. The molecule has 0 unspecified atom stereocenters. The topological polar surface area (TPSA) is 105 Å². The lowest BCUT2D eigenvalue weighted by Crippen LogP contribution is -2.39. The average Bonchev–Trinajstić information content (AvgIpc) is 3.16. The lowest BCUT2D eigenvalue weighted by atomic mass is 10.1. The molecule has 0 radical (unpaired) electrons. The van der Waals surface area contributed by atoms with Crippen molar-refractivity contribution in [3.05, 3.63) is 27.3 Å². The van der Waals surface area contributed by atoms with Gasteiger partial charge in [-0.05, 0) is 41.8 Å². The van der Waals surface area contributed by atoms with Crippen molar-refractivity contribution >= 4 is 45.0 Å². The Kier molecular flexibility index (Phi) is 7.49. The summed E-state index contributed by atoms with van der Waals surface area (Å²) in [5.74, 6) is -0.699. The molecule has 0 spiro atoms. The molecule has 0 bridgehead atoms.